The number of anilines is 1. The Morgan fingerprint density at radius 1 is 1.47 bits per heavy atom. The molecule has 0 aromatic carbocycles. The van der Waals surface area contributed by atoms with Crippen molar-refractivity contribution in [3.8, 4) is 0 Å². The highest BCUT2D eigenvalue weighted by Crippen LogP contribution is 2.33. The molecule has 2 heterocycles. The van der Waals surface area contributed by atoms with Crippen LogP contribution in [0, 0.1) is 0 Å². The maximum absolute atomic E-state index is 9.70. The Bertz CT molecular complexity index is 535. The number of hydrogen-bond acceptors (Lipinski definition) is 4. The van der Waals surface area contributed by atoms with Crippen LogP contribution in [0.5, 0.6) is 0 Å². The molecule has 3 rings (SSSR count). The van der Waals surface area contributed by atoms with Gasteiger partial charge in [-0.25, -0.2) is 4.98 Å². The van der Waals surface area contributed by atoms with Crippen LogP contribution in [-0.2, 0) is 6.54 Å². The molecule has 1 atom stereocenters. The zero-order chi connectivity index (χ0) is 13.2. The van der Waals surface area contributed by atoms with Crippen molar-refractivity contribution >= 4 is 17.2 Å². The Hall–Kier alpha value is -1.39. The predicted octanol–water partition coefficient (Wildman–Crippen LogP) is 3.37. The van der Waals surface area contributed by atoms with E-state index < -0.39 is 6.10 Å². The molecular weight excluding hydrogens is 256 g/mol. The summed E-state index contributed by atoms with van der Waals surface area (Å²) in [6, 6.07) is 8.75. The molecule has 1 aliphatic carbocycles. The van der Waals surface area contributed by atoms with E-state index in [-0.39, 0.29) is 0 Å². The molecule has 1 N–H and O–H groups in total. The second-order valence-corrected chi connectivity index (χ2v) is 6.09. The van der Waals surface area contributed by atoms with E-state index in [1.807, 2.05) is 12.1 Å². The third-order valence-electron chi connectivity index (χ3n) is 3.44. The number of aliphatic hydroxyl groups is 1. The molecule has 0 unspecified atom stereocenters. The molecule has 4 heteroatoms. The van der Waals surface area contributed by atoms with Crippen LogP contribution in [0.3, 0.4) is 0 Å². The number of thiophene rings is 1. The van der Waals surface area contributed by atoms with E-state index in [1.165, 1.54) is 17.7 Å². The van der Waals surface area contributed by atoms with Crippen LogP contribution in [-0.4, -0.2) is 16.1 Å². The van der Waals surface area contributed by atoms with E-state index in [0.717, 1.165) is 17.9 Å². The van der Waals surface area contributed by atoms with Gasteiger partial charge in [0.2, 0.25) is 0 Å². The van der Waals surface area contributed by atoms with Crippen molar-refractivity contribution < 1.29 is 5.11 Å². The summed E-state index contributed by atoms with van der Waals surface area (Å²) in [6.45, 7) is 2.71. The molecule has 1 saturated carbocycles. The fourth-order valence-electron chi connectivity index (χ4n) is 2.20. The minimum atomic E-state index is -0.440. The largest absolute Gasteiger partial charge is 0.389 e. The molecule has 0 spiro atoms. The topological polar surface area (TPSA) is 36.4 Å². The number of aromatic nitrogens is 1. The lowest BCUT2D eigenvalue weighted by molar-refractivity contribution is 0.199. The van der Waals surface area contributed by atoms with Gasteiger partial charge in [-0.1, -0.05) is 6.07 Å². The fourth-order valence-corrected chi connectivity index (χ4v) is 2.91. The SMILES string of the molecule is C[C@H](O)c1ccnc(N(Cc2cccs2)C2CC2)c1. The molecule has 100 valence electrons. The summed E-state index contributed by atoms with van der Waals surface area (Å²) >= 11 is 1.78. The van der Waals surface area contributed by atoms with Crippen molar-refractivity contribution in [3.05, 3.63) is 46.3 Å². The van der Waals surface area contributed by atoms with Crippen LogP contribution >= 0.6 is 11.3 Å². The average Bonchev–Trinajstić information content (AvgIpc) is 3.13. The van der Waals surface area contributed by atoms with E-state index in [9.17, 15) is 5.11 Å². The van der Waals surface area contributed by atoms with E-state index in [1.54, 1.807) is 24.5 Å². The van der Waals surface area contributed by atoms with Gasteiger partial charge in [-0.2, -0.15) is 0 Å². The Labute approximate surface area is 117 Å². The lowest BCUT2D eigenvalue weighted by Crippen LogP contribution is -2.25. The van der Waals surface area contributed by atoms with Gasteiger partial charge >= 0.3 is 0 Å². The summed E-state index contributed by atoms with van der Waals surface area (Å²) < 4.78 is 0. The van der Waals surface area contributed by atoms with Crippen molar-refractivity contribution in [2.45, 2.75) is 38.5 Å². The molecule has 19 heavy (non-hydrogen) atoms. The zero-order valence-corrected chi connectivity index (χ0v) is 11.8. The summed E-state index contributed by atoms with van der Waals surface area (Å²) in [5.74, 6) is 0.981. The molecule has 0 saturated heterocycles. The van der Waals surface area contributed by atoms with E-state index >= 15 is 0 Å². The Balaban J connectivity index is 1.85. The number of aliphatic hydroxyl groups excluding tert-OH is 1. The first-order valence-corrected chi connectivity index (χ1v) is 7.55. The lowest BCUT2D eigenvalue weighted by Gasteiger charge is -2.23. The highest BCUT2D eigenvalue weighted by atomic mass is 32.1. The first kappa shape index (κ1) is 12.6. The van der Waals surface area contributed by atoms with Crippen LogP contribution in [0.1, 0.15) is 36.3 Å². The minimum Gasteiger partial charge on any atom is -0.389 e. The molecule has 0 amide bonds. The number of pyridine rings is 1. The number of hydrogen-bond donors (Lipinski definition) is 1. The monoisotopic (exact) mass is 274 g/mol. The summed E-state index contributed by atoms with van der Waals surface area (Å²) in [7, 11) is 0. The molecule has 2 aromatic rings. The second-order valence-electron chi connectivity index (χ2n) is 5.06. The Morgan fingerprint density at radius 3 is 2.95 bits per heavy atom. The quantitative estimate of drug-likeness (QED) is 0.908. The number of rotatable bonds is 5. The first-order chi connectivity index (χ1) is 9.24. The Morgan fingerprint density at radius 2 is 2.32 bits per heavy atom. The van der Waals surface area contributed by atoms with Crippen LogP contribution in [0.4, 0.5) is 5.82 Å². The van der Waals surface area contributed by atoms with Gasteiger partial charge in [-0.3, -0.25) is 0 Å². The van der Waals surface area contributed by atoms with Gasteiger partial charge in [0.05, 0.1) is 12.6 Å². The van der Waals surface area contributed by atoms with Gasteiger partial charge in [0.15, 0.2) is 0 Å². The predicted molar refractivity (Wildman–Crippen MR) is 78.4 cm³/mol. The van der Waals surface area contributed by atoms with E-state index in [2.05, 4.69) is 27.4 Å². The summed E-state index contributed by atoms with van der Waals surface area (Å²) in [5, 5.41) is 11.8. The molecule has 1 aliphatic rings. The third kappa shape index (κ3) is 2.96. The maximum Gasteiger partial charge on any atom is 0.129 e. The summed E-state index contributed by atoms with van der Waals surface area (Å²) in [5.41, 5.74) is 0.932. The van der Waals surface area contributed by atoms with E-state index in [0.29, 0.717) is 6.04 Å². The fraction of sp³-hybridized carbons (Fsp3) is 0.400. The molecule has 3 nitrogen and oxygen atoms in total. The van der Waals surface area contributed by atoms with Gasteiger partial charge in [0.25, 0.3) is 0 Å². The van der Waals surface area contributed by atoms with Gasteiger partial charge in [-0.05, 0) is 48.9 Å². The van der Waals surface area contributed by atoms with Gasteiger partial charge < -0.3 is 10.0 Å². The summed E-state index contributed by atoms with van der Waals surface area (Å²) in [6.07, 6.45) is 3.84. The van der Waals surface area contributed by atoms with Gasteiger partial charge in [-0.15, -0.1) is 11.3 Å². The zero-order valence-electron chi connectivity index (χ0n) is 11.0. The van der Waals surface area contributed by atoms with Crippen LogP contribution in [0.15, 0.2) is 35.8 Å². The molecule has 0 radical (unpaired) electrons. The molecular formula is C15H18N2OS. The van der Waals surface area contributed by atoms with Crippen molar-refractivity contribution in [2.24, 2.45) is 0 Å². The van der Waals surface area contributed by atoms with Crippen molar-refractivity contribution in [2.75, 3.05) is 4.90 Å². The molecule has 2 aromatic heterocycles. The average molecular weight is 274 g/mol. The van der Waals surface area contributed by atoms with Crippen LogP contribution in [0.25, 0.3) is 0 Å². The Kier molecular flexibility index (Phi) is 3.53. The van der Waals surface area contributed by atoms with Crippen molar-refractivity contribution in [1.82, 2.24) is 4.98 Å². The van der Waals surface area contributed by atoms with Gasteiger partial charge in [0, 0.05) is 17.1 Å². The normalized spacial score (nSPS) is 16.3. The molecule has 1 fully saturated rings. The van der Waals surface area contributed by atoms with Crippen LogP contribution in [0.2, 0.25) is 0 Å². The van der Waals surface area contributed by atoms with Crippen LogP contribution < -0.4 is 4.90 Å². The summed E-state index contributed by atoms with van der Waals surface area (Å²) in [4.78, 5) is 8.20. The smallest absolute Gasteiger partial charge is 0.129 e. The van der Waals surface area contributed by atoms with E-state index in [4.69, 9.17) is 0 Å². The minimum absolute atomic E-state index is 0.440. The third-order valence-corrected chi connectivity index (χ3v) is 4.30. The standard InChI is InChI=1S/C15H18N2OS/c1-11(18)12-6-7-16-15(9-12)17(13-4-5-13)10-14-3-2-8-19-14/h2-3,6-9,11,13,18H,4-5,10H2,1H3/t11-/m0/s1. The molecule has 0 aliphatic heterocycles. The lowest BCUT2D eigenvalue weighted by atomic mass is 10.1. The highest BCUT2D eigenvalue weighted by molar-refractivity contribution is 7.09. The second kappa shape index (κ2) is 5.31. The van der Waals surface area contributed by atoms with Crippen molar-refractivity contribution in [3.63, 3.8) is 0 Å². The molecule has 0 bridgehead atoms. The van der Waals surface area contributed by atoms with Crippen molar-refractivity contribution in [1.29, 1.82) is 0 Å². The highest BCUT2D eigenvalue weighted by Gasteiger charge is 2.30. The first-order valence-electron chi connectivity index (χ1n) is 6.67. The van der Waals surface area contributed by atoms with Gasteiger partial charge in [0.1, 0.15) is 5.82 Å². The number of nitrogens with zero attached hydrogens (tertiary/aromatic N) is 2. The maximum atomic E-state index is 9.70.